The van der Waals surface area contributed by atoms with Crippen molar-refractivity contribution in [1.82, 2.24) is 0 Å². The largest absolute Gasteiger partial charge is 0.508 e. The molecule has 1 aliphatic heterocycles. The number of phenolic OH excluding ortho intramolecular Hbond substituents is 1. The van der Waals surface area contributed by atoms with Gasteiger partial charge in [-0.2, -0.15) is 0 Å². The Morgan fingerprint density at radius 3 is 2.14 bits per heavy atom. The molecule has 3 saturated carbocycles. The summed E-state index contributed by atoms with van der Waals surface area (Å²) in [5, 5.41) is 10.8. The van der Waals surface area contributed by atoms with E-state index >= 15 is 0 Å². The fraction of sp³-hybridized carbons (Fsp3) is 0.636. The lowest BCUT2D eigenvalue weighted by Crippen LogP contribution is -2.43. The highest BCUT2D eigenvalue weighted by molar-refractivity contribution is 5.73. The van der Waals surface area contributed by atoms with Crippen molar-refractivity contribution in [3.05, 3.63) is 47.5 Å². The van der Waals surface area contributed by atoms with E-state index in [1.807, 2.05) is 6.07 Å². The molecule has 35 heavy (non-hydrogen) atoms. The minimum Gasteiger partial charge on any atom is -0.508 e. The van der Waals surface area contributed by atoms with Crippen LogP contribution in [0.2, 0.25) is 0 Å². The van der Waals surface area contributed by atoms with Gasteiger partial charge in [0.15, 0.2) is 0 Å². The van der Waals surface area contributed by atoms with E-state index in [1.165, 1.54) is 100 Å². The Kier molecular flexibility index (Phi) is 6.58. The number of fused-ring (bicyclic) bond motifs is 3. The van der Waals surface area contributed by atoms with Gasteiger partial charge in [-0.3, -0.25) is 0 Å². The van der Waals surface area contributed by atoms with Crippen LogP contribution in [0, 0.1) is 11.8 Å². The second-order valence-corrected chi connectivity index (χ2v) is 12.7. The Bertz CT molecular complexity index is 1040. The van der Waals surface area contributed by atoms with Gasteiger partial charge in [-0.15, -0.1) is 0 Å². The third-order valence-corrected chi connectivity index (χ3v) is 10.1. The van der Waals surface area contributed by atoms with Crippen LogP contribution < -0.4 is 4.90 Å². The topological polar surface area (TPSA) is 23.5 Å². The summed E-state index contributed by atoms with van der Waals surface area (Å²) in [5.41, 5.74) is 6.97. The molecule has 188 valence electrons. The van der Waals surface area contributed by atoms with Crippen LogP contribution in [0.4, 0.5) is 5.69 Å². The summed E-state index contributed by atoms with van der Waals surface area (Å²) in [6.07, 6.45) is 17.5. The van der Waals surface area contributed by atoms with Gasteiger partial charge in [-0.25, -0.2) is 0 Å². The fourth-order valence-corrected chi connectivity index (χ4v) is 8.30. The van der Waals surface area contributed by atoms with Gasteiger partial charge in [-0.05, 0) is 103 Å². The van der Waals surface area contributed by atoms with E-state index < -0.39 is 0 Å². The molecule has 6 rings (SSSR count). The smallest absolute Gasteiger partial charge is 0.119 e. The van der Waals surface area contributed by atoms with Crippen molar-refractivity contribution >= 4 is 5.69 Å². The number of anilines is 1. The summed E-state index contributed by atoms with van der Waals surface area (Å²) in [4.78, 5) is 2.91. The van der Waals surface area contributed by atoms with E-state index in [1.54, 1.807) is 11.3 Å². The first kappa shape index (κ1) is 23.4. The Hall–Kier alpha value is -1.96. The molecule has 4 aliphatic rings. The van der Waals surface area contributed by atoms with Gasteiger partial charge in [0.1, 0.15) is 5.75 Å². The molecule has 3 aliphatic carbocycles. The lowest BCUT2D eigenvalue weighted by atomic mass is 9.78. The fourth-order valence-electron chi connectivity index (χ4n) is 8.30. The number of rotatable bonds is 3. The third kappa shape index (κ3) is 4.51. The number of hydrogen-bond donors (Lipinski definition) is 1. The number of nitrogens with zero attached hydrogens (tertiary/aromatic N) is 1. The van der Waals surface area contributed by atoms with E-state index in [4.69, 9.17) is 0 Å². The van der Waals surface area contributed by atoms with Crippen molar-refractivity contribution in [2.75, 3.05) is 4.90 Å². The molecule has 2 nitrogen and oxygen atoms in total. The second kappa shape index (κ2) is 9.83. The molecule has 0 radical (unpaired) electrons. The SMILES string of the molecule is CC1CCCC(c2cc(-c3ccc4c(c3)C3CC(C)CCCC3N4C3CCCCC3)ccc2O)C1. The van der Waals surface area contributed by atoms with Gasteiger partial charge >= 0.3 is 0 Å². The van der Waals surface area contributed by atoms with E-state index in [9.17, 15) is 5.11 Å². The van der Waals surface area contributed by atoms with Gasteiger partial charge in [-0.1, -0.05) is 70.9 Å². The summed E-state index contributed by atoms with van der Waals surface area (Å²) in [7, 11) is 0. The van der Waals surface area contributed by atoms with E-state index in [-0.39, 0.29) is 0 Å². The van der Waals surface area contributed by atoms with Crippen molar-refractivity contribution < 1.29 is 5.11 Å². The summed E-state index contributed by atoms with van der Waals surface area (Å²) in [6, 6.07) is 15.3. The highest BCUT2D eigenvalue weighted by Crippen LogP contribution is 2.51. The van der Waals surface area contributed by atoms with Crippen LogP contribution in [0.3, 0.4) is 0 Å². The monoisotopic (exact) mass is 471 g/mol. The maximum Gasteiger partial charge on any atom is 0.119 e. The Labute approximate surface area is 213 Å². The molecule has 5 unspecified atom stereocenters. The zero-order valence-corrected chi connectivity index (χ0v) is 22.0. The van der Waals surface area contributed by atoms with Crippen LogP contribution in [0.25, 0.3) is 11.1 Å². The number of benzene rings is 2. The van der Waals surface area contributed by atoms with Crippen LogP contribution in [-0.2, 0) is 0 Å². The van der Waals surface area contributed by atoms with Crippen molar-refractivity contribution in [1.29, 1.82) is 0 Å². The van der Waals surface area contributed by atoms with Crippen molar-refractivity contribution in [2.24, 2.45) is 11.8 Å². The van der Waals surface area contributed by atoms with Crippen molar-refractivity contribution in [3.8, 4) is 16.9 Å². The average Bonchev–Trinajstić information content (AvgIpc) is 3.03. The number of aromatic hydroxyl groups is 1. The molecule has 1 N–H and O–H groups in total. The molecule has 2 aromatic rings. The first-order valence-electron chi connectivity index (χ1n) is 14.8. The maximum absolute atomic E-state index is 10.8. The number of hydrogen-bond acceptors (Lipinski definition) is 2. The normalized spacial score (nSPS) is 31.6. The third-order valence-electron chi connectivity index (χ3n) is 10.1. The molecule has 0 amide bonds. The van der Waals surface area contributed by atoms with E-state index in [0.29, 0.717) is 23.6 Å². The van der Waals surface area contributed by atoms with Gasteiger partial charge < -0.3 is 10.0 Å². The van der Waals surface area contributed by atoms with E-state index in [0.717, 1.165) is 17.9 Å². The molecular formula is C33H45NO. The Morgan fingerprint density at radius 2 is 1.37 bits per heavy atom. The van der Waals surface area contributed by atoms with Crippen molar-refractivity contribution in [2.45, 2.75) is 121 Å². The lowest BCUT2D eigenvalue weighted by molar-refractivity contribution is 0.336. The molecule has 1 heterocycles. The van der Waals surface area contributed by atoms with Crippen LogP contribution in [-0.4, -0.2) is 17.2 Å². The first-order chi connectivity index (χ1) is 17.1. The van der Waals surface area contributed by atoms with Crippen molar-refractivity contribution in [3.63, 3.8) is 0 Å². The standard InChI is InChI=1S/C33H45NO/c1-22-8-6-10-26(18-22)28-20-25(15-17-33(28)35)24-14-16-32-30(21-24)29-19-23(2)9-7-13-31(29)34(32)27-11-4-3-5-12-27/h14-17,20-23,26-27,29,31,35H,3-13,18-19H2,1-2H3. The molecule has 0 saturated heterocycles. The molecule has 5 atom stereocenters. The minimum absolute atomic E-state index is 0.496. The summed E-state index contributed by atoms with van der Waals surface area (Å²) >= 11 is 0. The summed E-state index contributed by atoms with van der Waals surface area (Å²) in [5.74, 6) is 3.26. The van der Waals surface area contributed by atoms with Crippen LogP contribution in [0.5, 0.6) is 5.75 Å². The van der Waals surface area contributed by atoms with Gasteiger partial charge in [0.25, 0.3) is 0 Å². The zero-order valence-electron chi connectivity index (χ0n) is 22.0. The zero-order chi connectivity index (χ0) is 23.9. The molecule has 2 aromatic carbocycles. The Morgan fingerprint density at radius 1 is 0.686 bits per heavy atom. The summed E-state index contributed by atoms with van der Waals surface area (Å²) < 4.78 is 0. The highest BCUT2D eigenvalue weighted by Gasteiger charge is 2.43. The first-order valence-corrected chi connectivity index (χ1v) is 14.8. The average molecular weight is 472 g/mol. The molecule has 2 heteroatoms. The number of phenols is 1. The lowest BCUT2D eigenvalue weighted by Gasteiger charge is -2.39. The molecular weight excluding hydrogens is 426 g/mol. The quantitative estimate of drug-likeness (QED) is 0.482. The van der Waals surface area contributed by atoms with Gasteiger partial charge in [0.2, 0.25) is 0 Å². The van der Waals surface area contributed by atoms with Gasteiger partial charge in [0.05, 0.1) is 0 Å². The Balaban J connectivity index is 1.37. The van der Waals surface area contributed by atoms with Crippen LogP contribution in [0.1, 0.15) is 120 Å². The molecule has 3 fully saturated rings. The molecule has 0 bridgehead atoms. The molecule has 0 aromatic heterocycles. The molecule has 0 spiro atoms. The minimum atomic E-state index is 0.496. The van der Waals surface area contributed by atoms with E-state index in [2.05, 4.69) is 49.1 Å². The van der Waals surface area contributed by atoms with Gasteiger partial charge in [0, 0.05) is 23.7 Å². The second-order valence-electron chi connectivity index (χ2n) is 12.7. The maximum atomic E-state index is 10.8. The summed E-state index contributed by atoms with van der Waals surface area (Å²) in [6.45, 7) is 4.85. The van der Waals surface area contributed by atoms with Crippen LogP contribution in [0.15, 0.2) is 36.4 Å². The predicted octanol–water partition coefficient (Wildman–Crippen LogP) is 9.17. The van der Waals surface area contributed by atoms with Crippen LogP contribution >= 0.6 is 0 Å². The highest BCUT2D eigenvalue weighted by atomic mass is 16.3. The predicted molar refractivity (Wildman–Crippen MR) is 147 cm³/mol.